The van der Waals surface area contributed by atoms with Gasteiger partial charge in [-0.25, -0.2) is 4.79 Å². The van der Waals surface area contributed by atoms with E-state index in [1.54, 1.807) is 37.4 Å². The summed E-state index contributed by atoms with van der Waals surface area (Å²) in [5.41, 5.74) is 1.68. The van der Waals surface area contributed by atoms with E-state index >= 15 is 0 Å². The normalized spacial score (nSPS) is 13.4. The number of nitrogens with zero attached hydrogens (tertiary/aromatic N) is 1. The van der Waals surface area contributed by atoms with Crippen molar-refractivity contribution in [3.63, 3.8) is 0 Å². The second kappa shape index (κ2) is 16.1. The number of ether oxygens (including phenoxy) is 1. The lowest BCUT2D eigenvalue weighted by Gasteiger charge is -2.37. The molecule has 0 aliphatic carbocycles. The summed E-state index contributed by atoms with van der Waals surface area (Å²) < 4.78 is 5.49. The molecule has 0 saturated carbocycles. The maximum absolute atomic E-state index is 14.3. The van der Waals surface area contributed by atoms with E-state index < -0.39 is 29.3 Å². The Morgan fingerprint density at radius 2 is 1.64 bits per heavy atom. The Hall–Kier alpha value is -2.22. The minimum Gasteiger partial charge on any atom is -0.444 e. The average Bonchev–Trinajstić information content (AvgIpc) is 2.80. The van der Waals surface area contributed by atoms with Gasteiger partial charge in [0.1, 0.15) is 17.7 Å². The molecule has 7 nitrogen and oxygen atoms in total. The highest BCUT2D eigenvalue weighted by Gasteiger charge is 2.37. The lowest BCUT2D eigenvalue weighted by atomic mass is 9.94. The van der Waals surface area contributed by atoms with Crippen molar-refractivity contribution in [1.82, 2.24) is 15.5 Å². The van der Waals surface area contributed by atoms with Crippen LogP contribution < -0.4 is 10.6 Å². The molecule has 0 saturated heterocycles. The molecule has 8 heteroatoms. The number of hydrogen-bond acceptors (Lipinski definition) is 5. The molecule has 1 rings (SSSR count). The van der Waals surface area contributed by atoms with E-state index in [9.17, 15) is 14.4 Å². The van der Waals surface area contributed by atoms with Gasteiger partial charge in [-0.1, -0.05) is 50.8 Å². The van der Waals surface area contributed by atoms with Crippen LogP contribution in [-0.4, -0.2) is 58.5 Å². The minimum atomic E-state index is -0.819. The van der Waals surface area contributed by atoms with Gasteiger partial charge in [-0.05, 0) is 96.9 Å². The molecule has 1 aromatic rings. The van der Waals surface area contributed by atoms with Crippen LogP contribution in [0.1, 0.15) is 110 Å². The van der Waals surface area contributed by atoms with Crippen LogP contribution >= 0.6 is 11.8 Å². The molecule has 3 amide bonds. The summed E-state index contributed by atoms with van der Waals surface area (Å²) in [5, 5.41) is 5.94. The number of alkyl carbamates (subject to hydrolysis) is 1. The second-order valence-electron chi connectivity index (χ2n) is 12.4. The van der Waals surface area contributed by atoms with Gasteiger partial charge in [-0.2, -0.15) is 11.8 Å². The average molecular weight is 564 g/mol. The van der Waals surface area contributed by atoms with Crippen molar-refractivity contribution in [3.05, 3.63) is 34.9 Å². The number of thioether (sulfide) groups is 1. The topological polar surface area (TPSA) is 87.7 Å². The van der Waals surface area contributed by atoms with E-state index in [-0.39, 0.29) is 11.8 Å². The molecule has 0 heterocycles. The van der Waals surface area contributed by atoms with Gasteiger partial charge in [0.25, 0.3) is 0 Å². The predicted octanol–water partition coefficient (Wildman–Crippen LogP) is 6.70. The van der Waals surface area contributed by atoms with Crippen LogP contribution in [0.25, 0.3) is 0 Å². The first-order valence-electron chi connectivity index (χ1n) is 14.3. The summed E-state index contributed by atoms with van der Waals surface area (Å²) in [7, 11) is 0. The number of amides is 3. The standard InChI is InChI=1S/C31H53N3O4S/c1-11-12-13-14-15-20-34(28(36)25(19-21-39-10)32-29(37)38-31(7,8)9)26(27(35)33-30(4,5)6)24-18-16-17-22(2)23(24)3/h16-18,25-26H,11-15,19-21H2,1-10H3,(H,32,37)(H,33,35). The second-order valence-corrected chi connectivity index (χ2v) is 13.3. The maximum Gasteiger partial charge on any atom is 0.408 e. The minimum absolute atomic E-state index is 0.223. The van der Waals surface area contributed by atoms with Gasteiger partial charge in [0.05, 0.1) is 0 Å². The zero-order chi connectivity index (χ0) is 29.8. The quantitative estimate of drug-likeness (QED) is 0.246. The molecule has 0 fully saturated rings. The molecule has 0 bridgehead atoms. The van der Waals surface area contributed by atoms with Crippen molar-refractivity contribution in [2.24, 2.45) is 0 Å². The molecule has 0 spiro atoms. The SMILES string of the molecule is CCCCCCCN(C(=O)C(CCSC)NC(=O)OC(C)(C)C)C(C(=O)NC(C)(C)C)c1cccc(C)c1C. The van der Waals surface area contributed by atoms with Crippen molar-refractivity contribution >= 4 is 29.7 Å². The first-order chi connectivity index (χ1) is 18.1. The lowest BCUT2D eigenvalue weighted by molar-refractivity contribution is -0.143. The van der Waals surface area contributed by atoms with E-state index in [0.29, 0.717) is 18.7 Å². The molecule has 39 heavy (non-hydrogen) atoms. The van der Waals surface area contributed by atoms with Gasteiger partial charge < -0.3 is 20.3 Å². The van der Waals surface area contributed by atoms with E-state index in [4.69, 9.17) is 4.74 Å². The summed E-state index contributed by atoms with van der Waals surface area (Å²) in [6.45, 7) is 17.8. The van der Waals surface area contributed by atoms with Crippen molar-refractivity contribution in [2.75, 3.05) is 18.6 Å². The number of benzene rings is 1. The Morgan fingerprint density at radius 3 is 2.21 bits per heavy atom. The molecule has 0 radical (unpaired) electrons. The van der Waals surface area contributed by atoms with Crippen molar-refractivity contribution in [1.29, 1.82) is 0 Å². The highest BCUT2D eigenvalue weighted by Crippen LogP contribution is 2.29. The summed E-state index contributed by atoms with van der Waals surface area (Å²) in [6.07, 6.45) is 6.85. The Morgan fingerprint density at radius 1 is 1.00 bits per heavy atom. The van der Waals surface area contributed by atoms with Gasteiger partial charge >= 0.3 is 6.09 Å². The van der Waals surface area contributed by atoms with Crippen LogP contribution in [0.3, 0.4) is 0 Å². The number of carbonyl (C=O) groups is 3. The molecular formula is C31H53N3O4S. The monoisotopic (exact) mass is 563 g/mol. The van der Waals surface area contributed by atoms with Crippen LogP contribution in [-0.2, 0) is 14.3 Å². The van der Waals surface area contributed by atoms with Gasteiger partial charge in [0.15, 0.2) is 0 Å². The summed E-state index contributed by atoms with van der Waals surface area (Å²) in [5.74, 6) is 0.193. The van der Waals surface area contributed by atoms with E-state index in [0.717, 1.165) is 48.8 Å². The van der Waals surface area contributed by atoms with Crippen molar-refractivity contribution in [2.45, 2.75) is 124 Å². The number of hydrogen-bond donors (Lipinski definition) is 2. The van der Waals surface area contributed by atoms with Crippen LogP contribution in [0, 0.1) is 13.8 Å². The number of aryl methyl sites for hydroxylation is 1. The van der Waals surface area contributed by atoms with E-state index in [1.165, 1.54) is 0 Å². The number of rotatable bonds is 14. The molecule has 0 aliphatic rings. The Bertz CT molecular complexity index is 937. The molecule has 2 atom stereocenters. The zero-order valence-electron chi connectivity index (χ0n) is 26.0. The van der Waals surface area contributed by atoms with Gasteiger partial charge in [0, 0.05) is 12.1 Å². The fraction of sp³-hybridized carbons (Fsp3) is 0.710. The summed E-state index contributed by atoms with van der Waals surface area (Å²) in [6, 6.07) is 4.26. The van der Waals surface area contributed by atoms with Gasteiger partial charge in [-0.3, -0.25) is 9.59 Å². The first-order valence-corrected chi connectivity index (χ1v) is 15.7. The summed E-state index contributed by atoms with van der Waals surface area (Å²) in [4.78, 5) is 42.7. The van der Waals surface area contributed by atoms with Gasteiger partial charge in [-0.15, -0.1) is 0 Å². The highest BCUT2D eigenvalue weighted by atomic mass is 32.2. The van der Waals surface area contributed by atoms with Crippen LogP contribution in [0.4, 0.5) is 4.79 Å². The largest absolute Gasteiger partial charge is 0.444 e. The molecule has 2 unspecified atom stereocenters. The predicted molar refractivity (Wildman–Crippen MR) is 163 cm³/mol. The van der Waals surface area contributed by atoms with Crippen LogP contribution in [0.15, 0.2) is 18.2 Å². The third kappa shape index (κ3) is 12.7. The van der Waals surface area contributed by atoms with Crippen molar-refractivity contribution in [3.8, 4) is 0 Å². The third-order valence-electron chi connectivity index (χ3n) is 6.38. The fourth-order valence-corrected chi connectivity index (χ4v) is 4.83. The first kappa shape index (κ1) is 34.8. The Kier molecular flexibility index (Phi) is 14.4. The fourth-order valence-electron chi connectivity index (χ4n) is 4.35. The lowest BCUT2D eigenvalue weighted by Crippen LogP contribution is -2.55. The zero-order valence-corrected chi connectivity index (χ0v) is 26.8. The molecular weight excluding hydrogens is 510 g/mol. The highest BCUT2D eigenvalue weighted by molar-refractivity contribution is 7.98. The molecule has 1 aromatic carbocycles. The van der Waals surface area contributed by atoms with Crippen molar-refractivity contribution < 1.29 is 19.1 Å². The number of nitrogens with one attached hydrogen (secondary N) is 2. The maximum atomic E-state index is 14.3. The molecule has 0 aromatic heterocycles. The van der Waals surface area contributed by atoms with E-state index in [2.05, 4.69) is 17.6 Å². The Labute approximate surface area is 241 Å². The Balaban J connectivity index is 3.57. The molecule has 0 aliphatic heterocycles. The summed E-state index contributed by atoms with van der Waals surface area (Å²) >= 11 is 1.61. The smallest absolute Gasteiger partial charge is 0.408 e. The number of unbranched alkanes of at least 4 members (excludes halogenated alkanes) is 4. The molecule has 222 valence electrons. The van der Waals surface area contributed by atoms with Gasteiger partial charge in [0.2, 0.25) is 11.8 Å². The third-order valence-corrected chi connectivity index (χ3v) is 7.03. The molecule has 2 N–H and O–H groups in total. The van der Waals surface area contributed by atoms with E-state index in [1.807, 2.05) is 59.1 Å². The number of carbonyl (C=O) groups excluding carboxylic acids is 3. The van der Waals surface area contributed by atoms with Crippen LogP contribution in [0.5, 0.6) is 0 Å². The van der Waals surface area contributed by atoms with Crippen LogP contribution in [0.2, 0.25) is 0 Å².